The number of halogens is 2. The number of likely N-dealkylation sites (tertiary alicyclic amines) is 1. The number of pyridine rings is 1. The summed E-state index contributed by atoms with van der Waals surface area (Å²) >= 11 is 0. The summed E-state index contributed by atoms with van der Waals surface area (Å²) in [4.78, 5) is 21.3. The molecule has 2 aliphatic rings. The van der Waals surface area contributed by atoms with Gasteiger partial charge in [0, 0.05) is 43.5 Å². The zero-order chi connectivity index (χ0) is 27.8. The number of aliphatic imine (C=N–C) groups is 3. The van der Waals surface area contributed by atoms with Crippen molar-refractivity contribution < 1.29 is 8.78 Å². The van der Waals surface area contributed by atoms with Crippen molar-refractivity contribution in [1.29, 1.82) is 0 Å². The lowest BCUT2D eigenvalue weighted by atomic mass is 10.00. The minimum absolute atomic E-state index is 0.0272. The Labute approximate surface area is 229 Å². The number of hydrogen-bond donors (Lipinski definition) is 2. The molecule has 2 unspecified atom stereocenters. The summed E-state index contributed by atoms with van der Waals surface area (Å²) in [7, 11) is 4.09. The predicted molar refractivity (Wildman–Crippen MR) is 156 cm³/mol. The van der Waals surface area contributed by atoms with E-state index in [2.05, 4.69) is 66.9 Å². The molecule has 0 amide bonds. The molecule has 1 aromatic heterocycles. The highest BCUT2D eigenvalue weighted by Gasteiger charge is 2.37. The summed E-state index contributed by atoms with van der Waals surface area (Å²) in [5.74, 6) is -0.666. The molecule has 3 heterocycles. The van der Waals surface area contributed by atoms with Crippen LogP contribution >= 0.6 is 0 Å². The van der Waals surface area contributed by atoms with Crippen LogP contribution in [0, 0.1) is 5.82 Å². The summed E-state index contributed by atoms with van der Waals surface area (Å²) in [6, 6.07) is 8.18. The van der Waals surface area contributed by atoms with Gasteiger partial charge in [-0.3, -0.25) is 24.8 Å². The van der Waals surface area contributed by atoms with Gasteiger partial charge in [0.2, 0.25) is 0 Å². The maximum absolute atomic E-state index is 15.0. The molecule has 4 rings (SSSR count). The molecule has 2 atom stereocenters. The van der Waals surface area contributed by atoms with Gasteiger partial charge >= 0.3 is 0 Å². The Morgan fingerprint density at radius 2 is 1.97 bits per heavy atom. The quantitative estimate of drug-likeness (QED) is 0.294. The Hall–Kier alpha value is -3.34. The molecule has 8 nitrogen and oxygen atoms in total. The lowest BCUT2D eigenvalue weighted by Crippen LogP contribution is -2.51. The van der Waals surface area contributed by atoms with Crippen molar-refractivity contribution in [3.8, 4) is 0 Å². The average molecular weight is 537 g/mol. The van der Waals surface area contributed by atoms with E-state index in [1.54, 1.807) is 6.07 Å². The van der Waals surface area contributed by atoms with E-state index in [9.17, 15) is 8.78 Å². The molecule has 39 heavy (non-hydrogen) atoms. The third kappa shape index (κ3) is 7.20. The van der Waals surface area contributed by atoms with E-state index < -0.39 is 11.6 Å². The van der Waals surface area contributed by atoms with E-state index in [0.717, 1.165) is 44.4 Å². The topological polar surface area (TPSA) is 80.5 Å². The van der Waals surface area contributed by atoms with Crippen LogP contribution in [-0.4, -0.2) is 86.4 Å². The summed E-state index contributed by atoms with van der Waals surface area (Å²) in [5, 5.41) is 6.17. The molecule has 0 radical (unpaired) electrons. The Morgan fingerprint density at radius 1 is 1.21 bits per heavy atom. The van der Waals surface area contributed by atoms with Crippen molar-refractivity contribution in [2.45, 2.75) is 44.3 Å². The molecule has 2 aromatic rings. The number of rotatable bonds is 13. The summed E-state index contributed by atoms with van der Waals surface area (Å²) in [6.07, 6.45) is 6.71. The number of nitrogens with zero attached hydrogens (tertiary/aromatic N) is 6. The zero-order valence-electron chi connectivity index (χ0n) is 22.8. The third-order valence-corrected chi connectivity index (χ3v) is 7.53. The van der Waals surface area contributed by atoms with Crippen molar-refractivity contribution in [3.63, 3.8) is 0 Å². The second-order valence-electron chi connectivity index (χ2n) is 10.1. The SMILES string of the molecule is C=N/C=C(/F)C(=NCNc1ccc(CN2CC3CCC(C2)N3C)cn1)c1cc(F)c(N=C)c(CCCNC)c1. The number of likely N-dealkylation sites (N-methyl/N-ethyl adjacent to an activating group) is 1. The van der Waals surface area contributed by atoms with E-state index in [0.29, 0.717) is 35.4 Å². The number of fused-ring (bicyclic) bond motifs is 2. The second-order valence-corrected chi connectivity index (χ2v) is 10.1. The van der Waals surface area contributed by atoms with Crippen LogP contribution in [-0.2, 0) is 13.0 Å². The molecule has 2 saturated heterocycles. The first-order valence-corrected chi connectivity index (χ1v) is 13.4. The highest BCUT2D eigenvalue weighted by Crippen LogP contribution is 2.29. The van der Waals surface area contributed by atoms with Crippen LogP contribution in [0.15, 0.2) is 57.5 Å². The maximum atomic E-state index is 15.0. The largest absolute Gasteiger partial charge is 0.351 e. The van der Waals surface area contributed by atoms with Gasteiger partial charge in [0.05, 0.1) is 6.20 Å². The minimum Gasteiger partial charge on any atom is -0.351 e. The number of aromatic nitrogens is 1. The van der Waals surface area contributed by atoms with E-state index >= 15 is 0 Å². The standard InChI is InChI=1S/C29H38F2N8/c1-32-11-5-6-21-12-22(13-25(30)28(21)34-3)29(26(31)15-33-2)37-19-36-27-10-7-20(14-35-27)16-39-17-23-8-9-24(18-39)38(23)4/h7,10,12-15,23-24,32H,2-3,5-6,8-9,11,16-19H2,1,4H3,(H,35,36)/b26-15+,37-29?. The maximum Gasteiger partial charge on any atom is 0.167 e. The van der Waals surface area contributed by atoms with Gasteiger partial charge in [-0.2, -0.15) is 0 Å². The first-order valence-electron chi connectivity index (χ1n) is 13.4. The van der Waals surface area contributed by atoms with Crippen LogP contribution in [0.2, 0.25) is 0 Å². The predicted octanol–water partition coefficient (Wildman–Crippen LogP) is 4.35. The Balaban J connectivity index is 1.44. The smallest absolute Gasteiger partial charge is 0.167 e. The number of hydrogen-bond acceptors (Lipinski definition) is 8. The number of allylic oxidation sites excluding steroid dienone is 1. The lowest BCUT2D eigenvalue weighted by molar-refractivity contribution is 0.0837. The van der Waals surface area contributed by atoms with Gasteiger partial charge < -0.3 is 10.6 Å². The average Bonchev–Trinajstić information content (AvgIpc) is 3.12. The van der Waals surface area contributed by atoms with Crippen LogP contribution in [0.5, 0.6) is 0 Å². The highest BCUT2D eigenvalue weighted by atomic mass is 19.1. The second kappa shape index (κ2) is 13.6. The van der Waals surface area contributed by atoms with Gasteiger partial charge in [-0.15, -0.1) is 0 Å². The van der Waals surface area contributed by atoms with Crippen molar-refractivity contribution in [2.75, 3.05) is 45.7 Å². The van der Waals surface area contributed by atoms with Crippen LogP contribution in [0.25, 0.3) is 0 Å². The molecule has 0 spiro atoms. The summed E-state index contributed by atoms with van der Waals surface area (Å²) < 4.78 is 29.8. The van der Waals surface area contributed by atoms with Gasteiger partial charge in [-0.1, -0.05) is 6.07 Å². The molecule has 2 N–H and O–H groups in total. The fourth-order valence-corrected chi connectivity index (χ4v) is 5.47. The van der Waals surface area contributed by atoms with Crippen molar-refractivity contribution in [1.82, 2.24) is 20.1 Å². The molecule has 2 bridgehead atoms. The van der Waals surface area contributed by atoms with E-state index in [-0.39, 0.29) is 18.1 Å². The Morgan fingerprint density at radius 3 is 2.62 bits per heavy atom. The van der Waals surface area contributed by atoms with Gasteiger partial charge in [0.15, 0.2) is 5.83 Å². The van der Waals surface area contributed by atoms with Crippen LogP contribution in [0.3, 0.4) is 0 Å². The number of anilines is 1. The molecule has 1 aromatic carbocycles. The molecule has 2 fully saturated rings. The molecule has 208 valence electrons. The minimum atomic E-state index is -0.712. The first kappa shape index (κ1) is 28.7. The fourth-order valence-electron chi connectivity index (χ4n) is 5.47. The number of nitrogens with one attached hydrogen (secondary N) is 2. The van der Waals surface area contributed by atoms with Gasteiger partial charge in [-0.05, 0) is 89.1 Å². The number of piperazine rings is 1. The van der Waals surface area contributed by atoms with Gasteiger partial charge in [-0.25, -0.2) is 13.8 Å². The van der Waals surface area contributed by atoms with Crippen molar-refractivity contribution in [3.05, 3.63) is 65.0 Å². The molecule has 0 saturated carbocycles. The van der Waals surface area contributed by atoms with Gasteiger partial charge in [0.25, 0.3) is 0 Å². The molecule has 10 heteroatoms. The first-order chi connectivity index (χ1) is 18.9. The molecular formula is C29H38F2N8. The van der Waals surface area contributed by atoms with E-state index in [1.807, 2.05) is 19.3 Å². The van der Waals surface area contributed by atoms with E-state index in [1.165, 1.54) is 18.9 Å². The van der Waals surface area contributed by atoms with Crippen LogP contribution in [0.4, 0.5) is 20.3 Å². The van der Waals surface area contributed by atoms with Crippen molar-refractivity contribution in [2.24, 2.45) is 15.0 Å². The zero-order valence-corrected chi connectivity index (χ0v) is 22.8. The normalized spacial score (nSPS) is 20.3. The Bertz CT molecular complexity index is 1200. The van der Waals surface area contributed by atoms with Crippen LogP contribution < -0.4 is 10.6 Å². The number of benzene rings is 1. The Kier molecular flexibility index (Phi) is 10.0. The summed E-state index contributed by atoms with van der Waals surface area (Å²) in [6.45, 7) is 10.7. The van der Waals surface area contributed by atoms with Gasteiger partial charge in [0.1, 0.15) is 29.7 Å². The number of aryl methyl sites for hydroxylation is 1. The molecule has 2 aliphatic heterocycles. The van der Waals surface area contributed by atoms with E-state index in [4.69, 9.17) is 0 Å². The molecular weight excluding hydrogens is 498 g/mol. The lowest BCUT2D eigenvalue weighted by Gasteiger charge is -2.38. The molecule has 0 aliphatic carbocycles. The fraction of sp³-hybridized carbons (Fsp3) is 0.448. The highest BCUT2D eigenvalue weighted by molar-refractivity contribution is 6.11. The third-order valence-electron chi connectivity index (χ3n) is 7.53. The monoisotopic (exact) mass is 536 g/mol. The summed E-state index contributed by atoms with van der Waals surface area (Å²) in [5.41, 5.74) is 2.23. The van der Waals surface area contributed by atoms with Crippen LogP contribution in [0.1, 0.15) is 36.0 Å². The van der Waals surface area contributed by atoms with Crippen molar-refractivity contribution >= 4 is 30.7 Å².